The van der Waals surface area contributed by atoms with Crippen LogP contribution in [0.2, 0.25) is 0 Å². The second-order valence-corrected chi connectivity index (χ2v) is 5.77. The minimum absolute atomic E-state index is 0.165. The van der Waals surface area contributed by atoms with Gasteiger partial charge in [-0.1, -0.05) is 18.2 Å². The summed E-state index contributed by atoms with van der Waals surface area (Å²) in [5, 5.41) is 26.3. The number of nitrogens with one attached hydrogen (secondary N) is 1. The van der Waals surface area contributed by atoms with E-state index in [9.17, 15) is 20.0 Å². The number of carbonyl (C=O) groups excluding carboxylic acids is 1. The molecule has 1 N–H and O–H groups in total. The van der Waals surface area contributed by atoms with Crippen LogP contribution in [0.5, 0.6) is 11.5 Å². The van der Waals surface area contributed by atoms with Crippen molar-refractivity contribution in [3.05, 3.63) is 58.1 Å². The third kappa shape index (κ3) is 5.21. The van der Waals surface area contributed by atoms with Crippen molar-refractivity contribution in [1.29, 1.82) is 0 Å². The zero-order valence-electron chi connectivity index (χ0n) is 13.2. The van der Waals surface area contributed by atoms with Gasteiger partial charge in [-0.3, -0.25) is 14.9 Å². The summed E-state index contributed by atoms with van der Waals surface area (Å²) in [5.41, 5.74) is 1.97. The number of amides is 1. The maximum absolute atomic E-state index is 11.7. The Kier molecular flexibility index (Phi) is 6.35. The van der Waals surface area contributed by atoms with Gasteiger partial charge in [0.2, 0.25) is 5.91 Å². The molecule has 0 saturated heterocycles. The van der Waals surface area contributed by atoms with Gasteiger partial charge in [0.1, 0.15) is 5.75 Å². The Morgan fingerprint density at radius 2 is 2.08 bits per heavy atom. The van der Waals surface area contributed by atoms with E-state index >= 15 is 0 Å². The van der Waals surface area contributed by atoms with Crippen LogP contribution in [-0.4, -0.2) is 29.9 Å². The first-order valence-corrected chi connectivity index (χ1v) is 8.03. The summed E-state index contributed by atoms with van der Waals surface area (Å²) < 4.78 is 4.82. The van der Waals surface area contributed by atoms with Crippen LogP contribution in [0.15, 0.2) is 52.5 Å². The minimum Gasteiger partial charge on any atom is -0.865 e. The van der Waals surface area contributed by atoms with Crippen molar-refractivity contribution >= 4 is 29.6 Å². The number of benzene rings is 2. The summed E-state index contributed by atoms with van der Waals surface area (Å²) in [4.78, 5) is 22.8. The molecule has 2 rings (SSSR count). The molecule has 2 aromatic rings. The van der Waals surface area contributed by atoms with Gasteiger partial charge >= 0.3 is 0 Å². The lowest BCUT2D eigenvalue weighted by Gasteiger charge is -2.12. The molecule has 0 aliphatic carbocycles. The van der Waals surface area contributed by atoms with Gasteiger partial charge in [-0.15, -0.1) is 11.8 Å². The van der Waals surface area contributed by atoms with Crippen LogP contribution < -0.4 is 15.3 Å². The van der Waals surface area contributed by atoms with Crippen LogP contribution in [0.4, 0.5) is 5.69 Å². The average molecular weight is 360 g/mol. The Labute approximate surface area is 147 Å². The molecule has 1 amide bonds. The van der Waals surface area contributed by atoms with E-state index in [1.165, 1.54) is 31.2 Å². The number of nitrogens with zero attached hydrogens (tertiary/aromatic N) is 2. The number of rotatable bonds is 7. The molecule has 25 heavy (non-hydrogen) atoms. The summed E-state index contributed by atoms with van der Waals surface area (Å²) in [6.07, 6.45) is 1.21. The molecule has 0 aliphatic heterocycles. The maximum atomic E-state index is 11.7. The van der Waals surface area contributed by atoms with Crippen LogP contribution >= 0.6 is 11.8 Å². The lowest BCUT2D eigenvalue weighted by atomic mass is 10.2. The first-order chi connectivity index (χ1) is 12.0. The minimum atomic E-state index is -0.812. The second kappa shape index (κ2) is 8.69. The van der Waals surface area contributed by atoms with Gasteiger partial charge in [-0.05, 0) is 18.2 Å². The maximum Gasteiger partial charge on any atom is 0.266 e. The van der Waals surface area contributed by atoms with Gasteiger partial charge in [0.05, 0.1) is 24.0 Å². The number of carbonyl (C=O) groups is 1. The van der Waals surface area contributed by atoms with Gasteiger partial charge in [0.25, 0.3) is 5.69 Å². The molecule has 0 spiro atoms. The van der Waals surface area contributed by atoms with Crippen molar-refractivity contribution in [2.75, 3.05) is 12.9 Å². The monoisotopic (exact) mass is 360 g/mol. The van der Waals surface area contributed by atoms with Crippen molar-refractivity contribution in [1.82, 2.24) is 5.43 Å². The Morgan fingerprint density at radius 3 is 2.72 bits per heavy atom. The fraction of sp³-hybridized carbons (Fsp3) is 0.125. The van der Waals surface area contributed by atoms with Crippen LogP contribution in [0.25, 0.3) is 0 Å². The molecular weight excluding hydrogens is 346 g/mol. The number of hydrogen-bond acceptors (Lipinski definition) is 7. The van der Waals surface area contributed by atoms with E-state index in [0.717, 1.165) is 11.0 Å². The van der Waals surface area contributed by atoms with Crippen LogP contribution in [0.3, 0.4) is 0 Å². The highest BCUT2D eigenvalue weighted by Gasteiger charge is 2.12. The Morgan fingerprint density at radius 1 is 1.36 bits per heavy atom. The molecule has 0 heterocycles. The lowest BCUT2D eigenvalue weighted by molar-refractivity contribution is -0.398. The summed E-state index contributed by atoms with van der Waals surface area (Å²) in [7, 11) is 1.24. The number of ether oxygens (including phenoxy) is 1. The summed E-state index contributed by atoms with van der Waals surface area (Å²) in [6, 6.07) is 11.8. The smallest absolute Gasteiger partial charge is 0.266 e. The fourth-order valence-corrected chi connectivity index (χ4v) is 2.56. The normalized spacial score (nSPS) is 10.6. The number of hydrogen-bond donors (Lipinski definition) is 1. The zero-order chi connectivity index (χ0) is 18.2. The van der Waals surface area contributed by atoms with E-state index in [4.69, 9.17) is 4.74 Å². The predicted molar refractivity (Wildman–Crippen MR) is 92.0 cm³/mol. The third-order valence-electron chi connectivity index (χ3n) is 2.99. The molecule has 9 heteroatoms. The van der Waals surface area contributed by atoms with Crippen molar-refractivity contribution in [3.8, 4) is 11.5 Å². The van der Waals surface area contributed by atoms with Gasteiger partial charge in [-0.25, -0.2) is 5.43 Å². The van der Waals surface area contributed by atoms with E-state index in [1.54, 1.807) is 0 Å². The largest absolute Gasteiger partial charge is 0.865 e. The Balaban J connectivity index is 1.98. The highest BCUT2D eigenvalue weighted by Crippen LogP contribution is 2.33. The topological polar surface area (TPSA) is 117 Å². The van der Waals surface area contributed by atoms with Crippen LogP contribution in [0.1, 0.15) is 5.56 Å². The lowest BCUT2D eigenvalue weighted by Crippen LogP contribution is -2.19. The van der Waals surface area contributed by atoms with E-state index in [0.29, 0.717) is 0 Å². The molecule has 0 bridgehead atoms. The zero-order valence-corrected chi connectivity index (χ0v) is 14.0. The van der Waals surface area contributed by atoms with Crippen molar-refractivity contribution < 1.29 is 19.6 Å². The molecule has 130 valence electrons. The van der Waals surface area contributed by atoms with Gasteiger partial charge < -0.3 is 9.84 Å². The van der Waals surface area contributed by atoms with Crippen molar-refractivity contribution in [2.45, 2.75) is 4.90 Å². The number of hydrazone groups is 1. The first kappa shape index (κ1) is 18.3. The highest BCUT2D eigenvalue weighted by atomic mass is 32.2. The molecule has 2 aromatic carbocycles. The first-order valence-electron chi connectivity index (χ1n) is 7.04. The summed E-state index contributed by atoms with van der Waals surface area (Å²) in [5.74, 6) is -1.13. The number of nitro benzene ring substituents is 1. The third-order valence-corrected chi connectivity index (χ3v) is 4.00. The summed E-state index contributed by atoms with van der Waals surface area (Å²) in [6.45, 7) is 0. The number of nitro groups is 1. The Hall–Kier alpha value is -3.07. The number of methoxy groups -OCH3 is 1. The van der Waals surface area contributed by atoms with E-state index in [-0.39, 0.29) is 23.0 Å². The predicted octanol–water partition coefficient (Wildman–Crippen LogP) is 1.92. The molecular formula is C16H14N3O5S-. The summed E-state index contributed by atoms with van der Waals surface area (Å²) >= 11 is 1.35. The molecule has 0 aromatic heterocycles. The number of thioether (sulfide) groups is 1. The fourth-order valence-electron chi connectivity index (χ4n) is 1.85. The highest BCUT2D eigenvalue weighted by molar-refractivity contribution is 8.00. The molecule has 0 atom stereocenters. The van der Waals surface area contributed by atoms with E-state index < -0.39 is 16.4 Å². The van der Waals surface area contributed by atoms with E-state index in [1.807, 2.05) is 30.3 Å². The van der Waals surface area contributed by atoms with E-state index in [2.05, 4.69) is 10.5 Å². The van der Waals surface area contributed by atoms with Crippen molar-refractivity contribution in [3.63, 3.8) is 0 Å². The Bertz CT molecular complexity index is 796. The SMILES string of the molecule is COc1cc(/C=N\NC(=O)CSc2ccccc2)cc([N+](=O)[O-])c1[O-]. The molecule has 0 fully saturated rings. The van der Waals surface area contributed by atoms with Gasteiger partial charge in [0.15, 0.2) is 0 Å². The standard InChI is InChI=1S/C16H15N3O5S/c1-24-14-8-11(7-13(16(14)21)19(22)23)9-17-18-15(20)10-25-12-5-3-2-4-6-12/h2-9,21H,10H2,1H3,(H,18,20)/p-1/b17-9-. The molecule has 0 unspecified atom stereocenters. The van der Waals surface area contributed by atoms with Crippen molar-refractivity contribution in [2.24, 2.45) is 5.10 Å². The van der Waals surface area contributed by atoms with Crippen LogP contribution in [-0.2, 0) is 4.79 Å². The van der Waals surface area contributed by atoms with Crippen LogP contribution in [0, 0.1) is 10.1 Å². The molecule has 0 saturated carbocycles. The molecule has 8 nitrogen and oxygen atoms in total. The quantitative estimate of drug-likeness (QED) is 0.349. The molecule has 0 aliphatic rings. The van der Waals surface area contributed by atoms with Gasteiger partial charge in [-0.2, -0.15) is 5.10 Å². The second-order valence-electron chi connectivity index (χ2n) is 4.72. The molecule has 0 radical (unpaired) electrons. The average Bonchev–Trinajstić information content (AvgIpc) is 2.61. The van der Waals surface area contributed by atoms with Gasteiger partial charge in [0, 0.05) is 22.3 Å².